The molecule has 1 atom stereocenters. The van der Waals surface area contributed by atoms with Gasteiger partial charge >= 0.3 is 0 Å². The number of hydrogen-bond donors (Lipinski definition) is 1. The second kappa shape index (κ2) is 7.07. The van der Waals surface area contributed by atoms with Gasteiger partial charge in [-0.3, -0.25) is 0 Å². The molecule has 1 nitrogen and oxygen atoms in total. The largest absolute Gasteiger partial charge is 0.313 e. The van der Waals surface area contributed by atoms with Gasteiger partial charge in [-0.1, -0.05) is 29.3 Å². The molecule has 2 aromatic rings. The summed E-state index contributed by atoms with van der Waals surface area (Å²) in [6.07, 6.45) is 0.471. The molecular weight excluding hydrogens is 411 g/mol. The van der Waals surface area contributed by atoms with Crippen LogP contribution in [-0.2, 0) is 6.42 Å². The van der Waals surface area contributed by atoms with E-state index in [1.165, 1.54) is 6.07 Å². The van der Waals surface area contributed by atoms with Crippen LogP contribution in [0.1, 0.15) is 17.2 Å². The second-order valence-corrected chi connectivity index (χ2v) is 6.42. The van der Waals surface area contributed by atoms with Crippen molar-refractivity contribution in [3.05, 3.63) is 67.0 Å². The molecule has 5 heteroatoms. The van der Waals surface area contributed by atoms with E-state index >= 15 is 0 Å². The first-order valence-corrected chi connectivity index (χ1v) is 7.91. The molecule has 106 valence electrons. The Labute approximate surface area is 141 Å². The minimum atomic E-state index is -0.283. The van der Waals surface area contributed by atoms with Crippen LogP contribution in [0.4, 0.5) is 4.39 Å². The summed E-state index contributed by atoms with van der Waals surface area (Å²) in [6.45, 7) is 0. The highest BCUT2D eigenvalue weighted by Crippen LogP contribution is 2.29. The average molecular weight is 424 g/mol. The molecule has 1 unspecified atom stereocenters. The van der Waals surface area contributed by atoms with Crippen molar-refractivity contribution in [3.8, 4) is 0 Å². The number of likely N-dealkylation sites (N-methyl/N-ethyl adjacent to an activating group) is 1. The Bertz CT molecular complexity index is 599. The molecule has 0 aromatic heterocycles. The topological polar surface area (TPSA) is 12.0 Å². The van der Waals surface area contributed by atoms with Crippen LogP contribution >= 0.6 is 45.8 Å². The van der Waals surface area contributed by atoms with Crippen molar-refractivity contribution < 1.29 is 4.39 Å². The van der Waals surface area contributed by atoms with Crippen LogP contribution in [0.3, 0.4) is 0 Å². The van der Waals surface area contributed by atoms with E-state index in [0.29, 0.717) is 22.0 Å². The lowest BCUT2D eigenvalue weighted by molar-refractivity contribution is 0.553. The van der Waals surface area contributed by atoms with Gasteiger partial charge in [0.2, 0.25) is 0 Å². The fourth-order valence-corrected chi connectivity index (χ4v) is 3.21. The predicted octanol–water partition coefficient (Wildman–Crippen LogP) is 5.24. The van der Waals surface area contributed by atoms with Crippen molar-refractivity contribution in [1.82, 2.24) is 5.32 Å². The summed E-state index contributed by atoms with van der Waals surface area (Å²) in [5, 5.41) is 4.31. The Hall–Kier alpha value is -0.360. The first-order valence-electron chi connectivity index (χ1n) is 6.08. The molecule has 0 aliphatic heterocycles. The van der Waals surface area contributed by atoms with Crippen LogP contribution in [0.25, 0.3) is 0 Å². The third-order valence-electron chi connectivity index (χ3n) is 3.15. The van der Waals surface area contributed by atoms with Gasteiger partial charge in [0.1, 0.15) is 5.82 Å². The maximum Gasteiger partial charge on any atom is 0.127 e. The molecule has 0 aliphatic rings. The van der Waals surface area contributed by atoms with Gasteiger partial charge in [0.25, 0.3) is 0 Å². The molecule has 0 fully saturated rings. The Morgan fingerprint density at radius 3 is 2.65 bits per heavy atom. The second-order valence-electron chi connectivity index (χ2n) is 4.41. The van der Waals surface area contributed by atoms with E-state index in [0.717, 1.165) is 9.13 Å². The number of rotatable bonds is 4. The maximum absolute atomic E-state index is 13.9. The molecule has 0 radical (unpaired) electrons. The lowest BCUT2D eigenvalue weighted by Crippen LogP contribution is -2.20. The first-order chi connectivity index (χ1) is 9.52. The molecule has 2 aromatic carbocycles. The summed E-state index contributed by atoms with van der Waals surface area (Å²) >= 11 is 14.4. The Balaban J connectivity index is 2.36. The van der Waals surface area contributed by atoms with Crippen molar-refractivity contribution >= 4 is 45.8 Å². The van der Waals surface area contributed by atoms with Crippen molar-refractivity contribution in [2.24, 2.45) is 0 Å². The number of hydrogen-bond acceptors (Lipinski definition) is 1. The monoisotopic (exact) mass is 423 g/mol. The highest BCUT2D eigenvalue weighted by atomic mass is 127. The van der Waals surface area contributed by atoms with Crippen LogP contribution in [0.15, 0.2) is 36.4 Å². The summed E-state index contributed by atoms with van der Waals surface area (Å²) in [6, 6.07) is 10.4. The van der Waals surface area contributed by atoms with Gasteiger partial charge in [0.15, 0.2) is 0 Å². The van der Waals surface area contributed by atoms with E-state index in [-0.39, 0.29) is 11.9 Å². The summed E-state index contributed by atoms with van der Waals surface area (Å²) in [7, 11) is 1.84. The molecule has 0 amide bonds. The normalized spacial score (nSPS) is 12.4. The Morgan fingerprint density at radius 2 is 2.00 bits per heavy atom. The summed E-state index contributed by atoms with van der Waals surface area (Å²) in [4.78, 5) is 0. The lowest BCUT2D eigenvalue weighted by Gasteiger charge is -2.19. The maximum atomic E-state index is 13.9. The SMILES string of the molecule is CNC(Cc1c(F)cccc1Cl)c1cc(Cl)ccc1I. The van der Waals surface area contributed by atoms with E-state index in [1.54, 1.807) is 12.1 Å². The Kier molecular flexibility index (Phi) is 5.66. The van der Waals surface area contributed by atoms with Gasteiger partial charge in [0, 0.05) is 25.2 Å². The van der Waals surface area contributed by atoms with Gasteiger partial charge in [0.05, 0.1) is 0 Å². The van der Waals surface area contributed by atoms with Crippen LogP contribution in [0.5, 0.6) is 0 Å². The minimum Gasteiger partial charge on any atom is -0.313 e. The van der Waals surface area contributed by atoms with E-state index in [1.807, 2.05) is 25.2 Å². The third-order valence-corrected chi connectivity index (χ3v) is 4.72. The number of nitrogens with one attached hydrogen (secondary N) is 1. The molecule has 1 N–H and O–H groups in total. The average Bonchev–Trinajstić information content (AvgIpc) is 2.42. The summed E-state index contributed by atoms with van der Waals surface area (Å²) in [5.41, 5.74) is 1.56. The van der Waals surface area contributed by atoms with Gasteiger partial charge < -0.3 is 5.32 Å². The van der Waals surface area contributed by atoms with Crippen molar-refractivity contribution in [2.45, 2.75) is 12.5 Å². The molecule has 0 saturated heterocycles. The Morgan fingerprint density at radius 1 is 1.25 bits per heavy atom. The van der Waals surface area contributed by atoms with Crippen LogP contribution in [0, 0.1) is 9.39 Å². The van der Waals surface area contributed by atoms with Gasteiger partial charge in [-0.15, -0.1) is 0 Å². The van der Waals surface area contributed by atoms with E-state index in [2.05, 4.69) is 27.9 Å². The smallest absolute Gasteiger partial charge is 0.127 e. The summed E-state index contributed by atoms with van der Waals surface area (Å²) < 4.78 is 15.0. The van der Waals surface area contributed by atoms with Crippen LogP contribution in [-0.4, -0.2) is 7.05 Å². The first kappa shape index (κ1) is 16.0. The van der Waals surface area contributed by atoms with Gasteiger partial charge in [-0.25, -0.2) is 4.39 Å². The lowest BCUT2D eigenvalue weighted by atomic mass is 9.98. The minimum absolute atomic E-state index is 0.0463. The zero-order chi connectivity index (χ0) is 14.7. The highest BCUT2D eigenvalue weighted by Gasteiger charge is 2.17. The molecule has 0 spiro atoms. The quantitative estimate of drug-likeness (QED) is 0.663. The molecule has 20 heavy (non-hydrogen) atoms. The highest BCUT2D eigenvalue weighted by molar-refractivity contribution is 14.1. The van der Waals surface area contributed by atoms with E-state index < -0.39 is 0 Å². The summed E-state index contributed by atoms with van der Waals surface area (Å²) in [5.74, 6) is -0.283. The molecule has 0 aliphatic carbocycles. The van der Waals surface area contributed by atoms with Crippen LogP contribution in [0.2, 0.25) is 10.0 Å². The fraction of sp³-hybridized carbons (Fsp3) is 0.200. The molecule has 0 bridgehead atoms. The molecule has 2 rings (SSSR count). The zero-order valence-electron chi connectivity index (χ0n) is 10.8. The van der Waals surface area contributed by atoms with Crippen molar-refractivity contribution in [3.63, 3.8) is 0 Å². The van der Waals surface area contributed by atoms with Crippen molar-refractivity contribution in [1.29, 1.82) is 0 Å². The van der Waals surface area contributed by atoms with E-state index in [4.69, 9.17) is 23.2 Å². The zero-order valence-corrected chi connectivity index (χ0v) is 14.4. The van der Waals surface area contributed by atoms with E-state index in [9.17, 15) is 4.39 Å². The van der Waals surface area contributed by atoms with Crippen LogP contribution < -0.4 is 5.32 Å². The van der Waals surface area contributed by atoms with Gasteiger partial charge in [-0.05, 0) is 72.0 Å². The molecule has 0 saturated carbocycles. The standard InChI is InChI=1S/C15H13Cl2FIN/c1-20-15(11-7-9(16)5-6-14(11)19)8-10-12(17)3-2-4-13(10)18/h2-7,15,20H,8H2,1H3. The third kappa shape index (κ3) is 3.64. The number of benzene rings is 2. The fourth-order valence-electron chi connectivity index (χ4n) is 2.08. The molecule has 0 heterocycles. The predicted molar refractivity (Wildman–Crippen MR) is 91.1 cm³/mol. The molecular formula is C15H13Cl2FIN. The van der Waals surface area contributed by atoms with Gasteiger partial charge in [-0.2, -0.15) is 0 Å². The van der Waals surface area contributed by atoms with Crippen molar-refractivity contribution in [2.75, 3.05) is 7.05 Å². The number of halogens is 4.